The number of benzene rings is 2. The van der Waals surface area contributed by atoms with E-state index in [9.17, 15) is 14.5 Å². The number of rotatable bonds is 4. The van der Waals surface area contributed by atoms with Gasteiger partial charge in [-0.2, -0.15) is 0 Å². The van der Waals surface area contributed by atoms with Gasteiger partial charge in [-0.1, -0.05) is 0 Å². The largest absolute Gasteiger partial charge is 0.456 e. The Bertz CT molecular complexity index is 704. The zero-order chi connectivity index (χ0) is 15.6. The maximum atomic E-state index is 13.2. The third kappa shape index (κ3) is 3.31. The molecule has 2 rings (SSSR count). The van der Waals surface area contributed by atoms with Crippen LogP contribution in [0.1, 0.15) is 16.7 Å². The molecule has 0 saturated carbocycles. The van der Waals surface area contributed by atoms with Gasteiger partial charge in [-0.3, -0.25) is 10.1 Å². The molecule has 2 aromatic carbocycles. The second-order valence-corrected chi connectivity index (χ2v) is 4.92. The van der Waals surface area contributed by atoms with E-state index in [1.807, 2.05) is 0 Å². The first-order chi connectivity index (χ1) is 9.92. The maximum Gasteiger partial charge on any atom is 0.276 e. The molecular formula is C15H13ClFNO3. The molecule has 0 aliphatic rings. The molecule has 21 heavy (non-hydrogen) atoms. The van der Waals surface area contributed by atoms with Crippen LogP contribution in [0.15, 0.2) is 30.3 Å². The minimum Gasteiger partial charge on any atom is -0.456 e. The van der Waals surface area contributed by atoms with Gasteiger partial charge in [-0.15, -0.1) is 11.6 Å². The first-order valence-electron chi connectivity index (χ1n) is 6.20. The van der Waals surface area contributed by atoms with Gasteiger partial charge in [-0.05, 0) is 43.7 Å². The highest BCUT2D eigenvalue weighted by Crippen LogP contribution is 2.33. The summed E-state index contributed by atoms with van der Waals surface area (Å²) in [5, 5.41) is 11.0. The van der Waals surface area contributed by atoms with Crippen molar-refractivity contribution in [1.29, 1.82) is 0 Å². The van der Waals surface area contributed by atoms with E-state index in [4.69, 9.17) is 16.3 Å². The number of nitro benzene ring substituents is 1. The summed E-state index contributed by atoms with van der Waals surface area (Å²) < 4.78 is 18.8. The van der Waals surface area contributed by atoms with Crippen LogP contribution in [0.3, 0.4) is 0 Å². The van der Waals surface area contributed by atoms with Crippen LogP contribution in [-0.2, 0) is 5.88 Å². The smallest absolute Gasteiger partial charge is 0.276 e. The fourth-order valence-corrected chi connectivity index (χ4v) is 2.21. The summed E-state index contributed by atoms with van der Waals surface area (Å²) in [5.41, 5.74) is 1.77. The maximum absolute atomic E-state index is 13.2. The Morgan fingerprint density at radius 2 is 1.90 bits per heavy atom. The van der Waals surface area contributed by atoms with Gasteiger partial charge in [0, 0.05) is 11.1 Å². The number of hydrogen-bond acceptors (Lipinski definition) is 3. The zero-order valence-electron chi connectivity index (χ0n) is 11.5. The van der Waals surface area contributed by atoms with E-state index >= 15 is 0 Å². The van der Waals surface area contributed by atoms with Crippen molar-refractivity contribution in [1.82, 2.24) is 0 Å². The second kappa shape index (κ2) is 6.10. The third-order valence-corrected chi connectivity index (χ3v) is 3.36. The number of nitro groups is 1. The number of ether oxygens (including phenoxy) is 1. The van der Waals surface area contributed by atoms with E-state index in [2.05, 4.69) is 0 Å². The average Bonchev–Trinajstić information content (AvgIpc) is 2.42. The average molecular weight is 310 g/mol. The molecule has 6 heteroatoms. The van der Waals surface area contributed by atoms with Crippen molar-refractivity contribution < 1.29 is 14.1 Å². The normalized spacial score (nSPS) is 10.5. The van der Waals surface area contributed by atoms with E-state index in [1.54, 1.807) is 19.9 Å². The molecule has 0 N–H and O–H groups in total. The molecule has 0 bridgehead atoms. The Kier molecular flexibility index (Phi) is 4.43. The summed E-state index contributed by atoms with van der Waals surface area (Å²) in [7, 11) is 0. The standard InChI is InChI=1S/C15H13ClFNO3/c1-9-5-10(2)15(7-13(9)18(19)20)21-14-4-3-12(17)6-11(14)8-16/h3-7H,8H2,1-2H3. The highest BCUT2D eigenvalue weighted by Gasteiger charge is 2.16. The van der Waals surface area contributed by atoms with Gasteiger partial charge in [0.05, 0.1) is 16.9 Å². The molecule has 0 radical (unpaired) electrons. The van der Waals surface area contributed by atoms with Crippen molar-refractivity contribution in [3.05, 3.63) is 63.0 Å². The molecule has 0 unspecified atom stereocenters. The van der Waals surface area contributed by atoms with Crippen LogP contribution >= 0.6 is 11.6 Å². The van der Waals surface area contributed by atoms with Crippen molar-refractivity contribution in [3.8, 4) is 11.5 Å². The van der Waals surface area contributed by atoms with Crippen molar-refractivity contribution in [2.75, 3.05) is 0 Å². The summed E-state index contributed by atoms with van der Waals surface area (Å²) in [6.07, 6.45) is 0. The number of hydrogen-bond donors (Lipinski definition) is 0. The van der Waals surface area contributed by atoms with E-state index in [1.165, 1.54) is 24.3 Å². The van der Waals surface area contributed by atoms with Gasteiger partial charge >= 0.3 is 0 Å². The van der Waals surface area contributed by atoms with E-state index < -0.39 is 10.7 Å². The molecule has 0 spiro atoms. The molecule has 0 fully saturated rings. The predicted molar refractivity (Wildman–Crippen MR) is 78.6 cm³/mol. The Hall–Kier alpha value is -2.14. The van der Waals surface area contributed by atoms with Crippen LogP contribution in [0.25, 0.3) is 0 Å². The molecule has 0 aromatic heterocycles. The van der Waals surface area contributed by atoms with Crippen LogP contribution in [0.4, 0.5) is 10.1 Å². The van der Waals surface area contributed by atoms with Crippen LogP contribution in [0.2, 0.25) is 0 Å². The van der Waals surface area contributed by atoms with Crippen molar-refractivity contribution in [3.63, 3.8) is 0 Å². The van der Waals surface area contributed by atoms with E-state index in [0.29, 0.717) is 22.6 Å². The van der Waals surface area contributed by atoms with Crippen molar-refractivity contribution >= 4 is 17.3 Å². The Morgan fingerprint density at radius 1 is 1.19 bits per heavy atom. The molecule has 110 valence electrons. The Morgan fingerprint density at radius 3 is 2.52 bits per heavy atom. The Labute approximate surface area is 126 Å². The molecule has 4 nitrogen and oxygen atoms in total. The number of aryl methyl sites for hydroxylation is 2. The number of nitrogens with zero attached hydrogens (tertiary/aromatic N) is 1. The highest BCUT2D eigenvalue weighted by molar-refractivity contribution is 6.17. The van der Waals surface area contributed by atoms with Crippen LogP contribution < -0.4 is 4.74 Å². The summed E-state index contributed by atoms with van der Waals surface area (Å²) in [5.74, 6) is 0.405. The number of halogens is 2. The van der Waals surface area contributed by atoms with Crippen molar-refractivity contribution in [2.24, 2.45) is 0 Å². The Balaban J connectivity index is 2.44. The molecule has 0 saturated heterocycles. The highest BCUT2D eigenvalue weighted by atomic mass is 35.5. The van der Waals surface area contributed by atoms with Crippen LogP contribution in [-0.4, -0.2) is 4.92 Å². The lowest BCUT2D eigenvalue weighted by molar-refractivity contribution is -0.385. The van der Waals surface area contributed by atoms with E-state index in [-0.39, 0.29) is 11.6 Å². The second-order valence-electron chi connectivity index (χ2n) is 4.65. The first-order valence-corrected chi connectivity index (χ1v) is 6.73. The SMILES string of the molecule is Cc1cc(C)c([N+](=O)[O-])cc1Oc1ccc(F)cc1CCl. The van der Waals surface area contributed by atoms with Gasteiger partial charge in [0.25, 0.3) is 5.69 Å². The molecule has 0 aliphatic heterocycles. The fourth-order valence-electron chi connectivity index (χ4n) is 2.00. The molecule has 0 heterocycles. The zero-order valence-corrected chi connectivity index (χ0v) is 12.3. The molecule has 0 amide bonds. The predicted octanol–water partition coefficient (Wildman–Crippen LogP) is 4.88. The lowest BCUT2D eigenvalue weighted by atomic mass is 10.1. The van der Waals surface area contributed by atoms with Gasteiger partial charge in [0.1, 0.15) is 17.3 Å². The van der Waals surface area contributed by atoms with Gasteiger partial charge < -0.3 is 4.74 Å². The monoisotopic (exact) mass is 309 g/mol. The molecule has 0 atom stereocenters. The minimum absolute atomic E-state index is 0.0230. The third-order valence-electron chi connectivity index (χ3n) is 3.08. The fraction of sp³-hybridized carbons (Fsp3) is 0.200. The van der Waals surface area contributed by atoms with Crippen LogP contribution in [0.5, 0.6) is 11.5 Å². The van der Waals surface area contributed by atoms with Gasteiger partial charge in [0.2, 0.25) is 0 Å². The topological polar surface area (TPSA) is 52.4 Å². The lowest BCUT2D eigenvalue weighted by Crippen LogP contribution is -1.97. The van der Waals surface area contributed by atoms with Crippen molar-refractivity contribution in [2.45, 2.75) is 19.7 Å². The van der Waals surface area contributed by atoms with Crippen LogP contribution in [0, 0.1) is 29.8 Å². The molecule has 0 aliphatic carbocycles. The summed E-state index contributed by atoms with van der Waals surface area (Å²) >= 11 is 5.76. The first kappa shape index (κ1) is 15.3. The van der Waals surface area contributed by atoms with Gasteiger partial charge in [-0.25, -0.2) is 4.39 Å². The van der Waals surface area contributed by atoms with Gasteiger partial charge in [0.15, 0.2) is 0 Å². The summed E-state index contributed by atoms with van der Waals surface area (Å²) in [4.78, 5) is 10.5. The summed E-state index contributed by atoms with van der Waals surface area (Å²) in [6.45, 7) is 3.45. The lowest BCUT2D eigenvalue weighted by Gasteiger charge is -2.12. The minimum atomic E-state index is -0.464. The quantitative estimate of drug-likeness (QED) is 0.459. The summed E-state index contributed by atoms with van der Waals surface area (Å²) in [6, 6.07) is 7.03. The molecule has 2 aromatic rings. The van der Waals surface area contributed by atoms with E-state index in [0.717, 1.165) is 5.56 Å². The number of alkyl halides is 1. The molecular weight excluding hydrogens is 297 g/mol.